The zero-order valence-electron chi connectivity index (χ0n) is 25.9. The lowest BCUT2D eigenvalue weighted by Crippen LogP contribution is -2.07. The van der Waals surface area contributed by atoms with Crippen molar-refractivity contribution >= 4 is 65.6 Å². The molecule has 10 rings (SSSR count). The van der Waals surface area contributed by atoms with E-state index in [4.69, 9.17) is 4.99 Å². The quantitative estimate of drug-likeness (QED) is 0.191. The maximum atomic E-state index is 13.6. The Kier molecular flexibility index (Phi) is 5.64. The molecule has 0 fully saturated rings. The normalized spacial score (nSPS) is 13.3. The first kappa shape index (κ1) is 27.6. The van der Waals surface area contributed by atoms with Gasteiger partial charge in [0.25, 0.3) is 0 Å². The molecule has 0 N–H and O–H groups in total. The highest BCUT2D eigenvalue weighted by molar-refractivity contribution is 7.91. The second kappa shape index (κ2) is 10.0. The Labute approximate surface area is 281 Å². The van der Waals surface area contributed by atoms with E-state index in [9.17, 15) is 13.7 Å². The Bertz CT molecular complexity index is 2920. The van der Waals surface area contributed by atoms with E-state index in [0.717, 1.165) is 72.5 Å². The second-order valence-electron chi connectivity index (χ2n) is 12.3. The SMILES string of the molecule is N#Cc1ccc(S(=O)(=O)c2ccc(-n3c4c(c5cc6c7ccccc7n(-c7ccccc7)c6cc53)C=C3C4=Nc4ccccc43)cc2)cc1. The summed E-state index contributed by atoms with van der Waals surface area (Å²) in [5, 5.41) is 12.6. The molecule has 49 heavy (non-hydrogen) atoms. The molecule has 0 saturated carbocycles. The van der Waals surface area contributed by atoms with E-state index in [2.05, 4.69) is 81.9 Å². The molecule has 6 aromatic carbocycles. The van der Waals surface area contributed by atoms with E-state index in [0.29, 0.717) is 5.56 Å². The summed E-state index contributed by atoms with van der Waals surface area (Å²) in [6, 6.07) is 46.8. The molecule has 0 atom stereocenters. The topological polar surface area (TPSA) is 80.1 Å². The van der Waals surface area contributed by atoms with Crippen LogP contribution >= 0.6 is 0 Å². The van der Waals surface area contributed by atoms with Crippen molar-refractivity contribution in [3.05, 3.63) is 162 Å². The molecule has 1 aliphatic carbocycles. The first-order chi connectivity index (χ1) is 24.0. The molecule has 1 aliphatic heterocycles. The van der Waals surface area contributed by atoms with Crippen LogP contribution in [0.5, 0.6) is 0 Å². The van der Waals surface area contributed by atoms with Gasteiger partial charge in [0.1, 0.15) is 0 Å². The van der Waals surface area contributed by atoms with Gasteiger partial charge in [-0.3, -0.25) is 0 Å². The van der Waals surface area contributed by atoms with Gasteiger partial charge in [-0.25, -0.2) is 13.4 Å². The summed E-state index contributed by atoms with van der Waals surface area (Å²) in [6.45, 7) is 0. The Morgan fingerprint density at radius 1 is 0.592 bits per heavy atom. The summed E-state index contributed by atoms with van der Waals surface area (Å²) < 4.78 is 31.7. The predicted molar refractivity (Wildman–Crippen MR) is 195 cm³/mol. The molecular formula is C42H24N4O2S. The molecule has 6 nitrogen and oxygen atoms in total. The second-order valence-corrected chi connectivity index (χ2v) is 14.3. The van der Waals surface area contributed by atoms with Crippen LogP contribution < -0.4 is 0 Å². The molecule has 0 bridgehead atoms. The maximum Gasteiger partial charge on any atom is 0.206 e. The van der Waals surface area contributed by atoms with Gasteiger partial charge in [-0.15, -0.1) is 0 Å². The Morgan fingerprint density at radius 3 is 2.02 bits per heavy atom. The van der Waals surface area contributed by atoms with Crippen molar-refractivity contribution in [1.82, 2.24) is 9.13 Å². The van der Waals surface area contributed by atoms with Gasteiger partial charge >= 0.3 is 0 Å². The lowest BCUT2D eigenvalue weighted by Gasteiger charge is -2.13. The highest BCUT2D eigenvalue weighted by Crippen LogP contribution is 2.48. The minimum atomic E-state index is -3.79. The summed E-state index contributed by atoms with van der Waals surface area (Å²) in [6.07, 6.45) is 2.25. The number of aromatic nitrogens is 2. The van der Waals surface area contributed by atoms with Gasteiger partial charge in [-0.2, -0.15) is 5.26 Å². The Morgan fingerprint density at radius 2 is 1.24 bits per heavy atom. The summed E-state index contributed by atoms with van der Waals surface area (Å²) >= 11 is 0. The molecule has 0 saturated heterocycles. The highest BCUT2D eigenvalue weighted by Gasteiger charge is 2.34. The molecule has 8 aromatic rings. The van der Waals surface area contributed by atoms with Crippen LogP contribution in [0, 0.1) is 11.3 Å². The molecule has 0 radical (unpaired) electrons. The Hall–Kier alpha value is -6.49. The Balaban J connectivity index is 1.23. The fourth-order valence-electron chi connectivity index (χ4n) is 7.47. The average Bonchev–Trinajstić information content (AvgIpc) is 3.87. The van der Waals surface area contributed by atoms with E-state index >= 15 is 0 Å². The number of hydrogen-bond donors (Lipinski definition) is 0. The van der Waals surface area contributed by atoms with E-state index in [1.54, 1.807) is 12.1 Å². The van der Waals surface area contributed by atoms with Crippen LogP contribution in [0.15, 0.2) is 154 Å². The van der Waals surface area contributed by atoms with E-state index < -0.39 is 9.84 Å². The molecule has 230 valence electrons. The maximum absolute atomic E-state index is 13.6. The number of sulfone groups is 1. The van der Waals surface area contributed by atoms with Gasteiger partial charge < -0.3 is 9.13 Å². The van der Waals surface area contributed by atoms with Crippen LogP contribution in [0.4, 0.5) is 5.69 Å². The third kappa shape index (κ3) is 3.86. The smallest absolute Gasteiger partial charge is 0.206 e. The fourth-order valence-corrected chi connectivity index (χ4v) is 8.73. The number of nitriles is 1. The first-order valence-electron chi connectivity index (χ1n) is 15.9. The minimum absolute atomic E-state index is 0.148. The van der Waals surface area contributed by atoms with Crippen LogP contribution in [0.3, 0.4) is 0 Å². The van der Waals surface area contributed by atoms with Gasteiger partial charge in [-0.1, -0.05) is 54.6 Å². The average molecular weight is 649 g/mol. The molecular weight excluding hydrogens is 625 g/mol. The summed E-state index contributed by atoms with van der Waals surface area (Å²) in [4.78, 5) is 5.46. The first-order valence-corrected chi connectivity index (χ1v) is 17.4. The third-order valence-electron chi connectivity index (χ3n) is 9.71. The number of benzene rings is 6. The van der Waals surface area contributed by atoms with E-state index in [1.165, 1.54) is 29.7 Å². The summed E-state index contributed by atoms with van der Waals surface area (Å²) in [5.41, 5.74) is 11.7. The highest BCUT2D eigenvalue weighted by atomic mass is 32.2. The molecule has 0 unspecified atom stereocenters. The van der Waals surface area contributed by atoms with Crippen molar-refractivity contribution in [2.45, 2.75) is 9.79 Å². The van der Waals surface area contributed by atoms with Crippen molar-refractivity contribution in [2.24, 2.45) is 4.99 Å². The van der Waals surface area contributed by atoms with Crippen LogP contribution in [0.25, 0.3) is 55.7 Å². The van der Waals surface area contributed by atoms with Crippen molar-refractivity contribution in [1.29, 1.82) is 5.26 Å². The standard InChI is InChI=1S/C42H24N4O2S/c43-25-26-14-18-29(19-15-26)49(47,48)30-20-16-28(17-21-30)46-40-24-39-33(32-11-5-7-13-38(32)45(39)27-8-2-1-3-9-27)22-34(40)36-23-35-31-10-4-6-12-37(31)44-41(35)42(36)46/h1-24H. The molecule has 0 spiro atoms. The largest absolute Gasteiger partial charge is 0.309 e. The van der Waals surface area contributed by atoms with Crippen molar-refractivity contribution in [3.63, 3.8) is 0 Å². The van der Waals surface area contributed by atoms with Crippen molar-refractivity contribution in [3.8, 4) is 17.4 Å². The van der Waals surface area contributed by atoms with Gasteiger partial charge in [0, 0.05) is 44.2 Å². The summed E-state index contributed by atoms with van der Waals surface area (Å²) in [7, 11) is -3.79. The predicted octanol–water partition coefficient (Wildman–Crippen LogP) is 9.42. The monoisotopic (exact) mass is 648 g/mol. The van der Waals surface area contributed by atoms with E-state index in [1.807, 2.05) is 42.5 Å². The zero-order chi connectivity index (χ0) is 32.9. The van der Waals surface area contributed by atoms with Crippen LogP contribution in [-0.4, -0.2) is 23.3 Å². The number of nitrogens with zero attached hydrogens (tertiary/aromatic N) is 4. The number of allylic oxidation sites excluding steroid dienone is 1. The van der Waals surface area contributed by atoms with Crippen molar-refractivity contribution < 1.29 is 8.42 Å². The lowest BCUT2D eigenvalue weighted by molar-refractivity contribution is 0.596. The lowest BCUT2D eigenvalue weighted by atomic mass is 10.0. The number of fused-ring (bicyclic) bond motifs is 10. The van der Waals surface area contributed by atoms with E-state index in [-0.39, 0.29) is 9.79 Å². The third-order valence-corrected chi connectivity index (χ3v) is 11.5. The fraction of sp³-hybridized carbons (Fsp3) is 0. The number of hydrogen-bond acceptors (Lipinski definition) is 4. The molecule has 2 aromatic heterocycles. The number of rotatable bonds is 4. The summed E-state index contributed by atoms with van der Waals surface area (Å²) in [5.74, 6) is 0. The van der Waals surface area contributed by atoms with Crippen molar-refractivity contribution in [2.75, 3.05) is 0 Å². The minimum Gasteiger partial charge on any atom is -0.309 e. The van der Waals surface area contributed by atoms with Crippen LogP contribution in [0.1, 0.15) is 22.4 Å². The van der Waals surface area contributed by atoms with Crippen LogP contribution in [0.2, 0.25) is 0 Å². The van der Waals surface area contributed by atoms with Gasteiger partial charge in [-0.05, 0) is 91.0 Å². The van der Waals surface area contributed by atoms with Gasteiger partial charge in [0.2, 0.25) is 9.84 Å². The molecule has 7 heteroatoms. The molecule has 0 amide bonds. The number of para-hydroxylation sites is 3. The van der Waals surface area contributed by atoms with Crippen LogP contribution in [-0.2, 0) is 9.84 Å². The number of aliphatic imine (C=N–C) groups is 1. The molecule has 2 aliphatic rings. The van der Waals surface area contributed by atoms with Gasteiger partial charge in [0.05, 0.1) is 55.1 Å². The molecule has 3 heterocycles. The zero-order valence-corrected chi connectivity index (χ0v) is 26.7. The van der Waals surface area contributed by atoms with Gasteiger partial charge in [0.15, 0.2) is 0 Å².